The number of benzene rings is 2. The zero-order valence-electron chi connectivity index (χ0n) is 18.7. The highest BCUT2D eigenvalue weighted by Crippen LogP contribution is 2.38. The summed E-state index contributed by atoms with van der Waals surface area (Å²) in [6.07, 6.45) is 0. The zero-order valence-corrected chi connectivity index (χ0v) is 18.7. The van der Waals surface area contributed by atoms with Crippen molar-refractivity contribution in [2.45, 2.75) is 39.7 Å². The monoisotopic (exact) mass is 418 g/mol. The molecule has 3 aromatic rings. The summed E-state index contributed by atoms with van der Waals surface area (Å²) in [7, 11) is 0. The van der Waals surface area contributed by atoms with Crippen LogP contribution in [0.1, 0.15) is 66.9 Å². The highest BCUT2D eigenvalue weighted by atomic mass is 16.3. The fraction of sp³-hybridized carbons (Fsp3) is 0.385. The van der Waals surface area contributed by atoms with Crippen LogP contribution >= 0.6 is 0 Å². The van der Waals surface area contributed by atoms with Gasteiger partial charge in [-0.15, -0.1) is 0 Å². The maximum Gasteiger partial charge on any atom is 0.290 e. The van der Waals surface area contributed by atoms with Gasteiger partial charge in [0.15, 0.2) is 5.43 Å². The van der Waals surface area contributed by atoms with Crippen LogP contribution in [0.5, 0.6) is 0 Å². The molecule has 0 fully saturated rings. The quantitative estimate of drug-likeness (QED) is 0.553. The molecule has 0 aliphatic carbocycles. The molecule has 4 rings (SSSR count). The summed E-state index contributed by atoms with van der Waals surface area (Å²) in [5.41, 5.74) is 2.97. The summed E-state index contributed by atoms with van der Waals surface area (Å²) in [4.78, 5) is 31.0. The van der Waals surface area contributed by atoms with E-state index in [1.165, 1.54) is 5.56 Å². The topological polar surface area (TPSA) is 53.8 Å². The van der Waals surface area contributed by atoms with Crippen LogP contribution in [0.15, 0.2) is 57.7 Å². The number of hydrogen-bond donors (Lipinski definition) is 0. The maximum atomic E-state index is 13.5. The molecule has 0 bridgehead atoms. The van der Waals surface area contributed by atoms with Crippen LogP contribution in [0, 0.1) is 0 Å². The molecule has 5 nitrogen and oxygen atoms in total. The van der Waals surface area contributed by atoms with Crippen LogP contribution in [0.3, 0.4) is 0 Å². The molecular weight excluding hydrogens is 388 g/mol. The average Bonchev–Trinajstić information content (AvgIpc) is 3.06. The number of carbonyl (C=O) groups is 1. The lowest BCUT2D eigenvalue weighted by Crippen LogP contribution is -2.37. The molecule has 1 amide bonds. The van der Waals surface area contributed by atoms with Gasteiger partial charge in [0, 0.05) is 13.1 Å². The molecule has 2 aromatic carbocycles. The summed E-state index contributed by atoms with van der Waals surface area (Å²) in [6.45, 7) is 11.7. The lowest BCUT2D eigenvalue weighted by Gasteiger charge is -2.28. The van der Waals surface area contributed by atoms with Gasteiger partial charge in [-0.2, -0.15) is 0 Å². The van der Waals surface area contributed by atoms with Gasteiger partial charge in [0.2, 0.25) is 5.76 Å². The Morgan fingerprint density at radius 3 is 2.32 bits per heavy atom. The molecule has 0 radical (unpaired) electrons. The van der Waals surface area contributed by atoms with E-state index in [0.717, 1.165) is 25.2 Å². The van der Waals surface area contributed by atoms with E-state index >= 15 is 0 Å². The molecule has 0 saturated carbocycles. The lowest BCUT2D eigenvalue weighted by atomic mass is 9.95. The van der Waals surface area contributed by atoms with E-state index in [2.05, 4.69) is 44.7 Å². The van der Waals surface area contributed by atoms with Crippen molar-refractivity contribution in [3.05, 3.63) is 81.2 Å². The predicted octanol–water partition coefficient (Wildman–Crippen LogP) is 4.80. The number of rotatable bonds is 7. The Morgan fingerprint density at radius 1 is 1.00 bits per heavy atom. The molecule has 31 heavy (non-hydrogen) atoms. The van der Waals surface area contributed by atoms with Crippen LogP contribution < -0.4 is 5.43 Å². The van der Waals surface area contributed by atoms with Crippen molar-refractivity contribution in [2.75, 3.05) is 26.2 Å². The largest absolute Gasteiger partial charge is 0.450 e. The second-order valence-electron chi connectivity index (χ2n) is 8.42. The summed E-state index contributed by atoms with van der Waals surface area (Å²) in [6, 6.07) is 15.0. The lowest BCUT2D eigenvalue weighted by molar-refractivity contribution is 0.0708. The van der Waals surface area contributed by atoms with Crippen LogP contribution in [0.2, 0.25) is 0 Å². The third-order valence-electron chi connectivity index (χ3n) is 6.34. The number of carbonyl (C=O) groups excluding carboxylic acids is 1. The first kappa shape index (κ1) is 21.3. The van der Waals surface area contributed by atoms with E-state index in [1.54, 1.807) is 17.0 Å². The highest BCUT2D eigenvalue weighted by molar-refractivity contribution is 5.99. The highest BCUT2D eigenvalue weighted by Gasteiger charge is 2.42. The number of para-hydroxylation sites is 1. The Kier molecular flexibility index (Phi) is 5.96. The Labute approximate surface area is 183 Å². The van der Waals surface area contributed by atoms with Crippen LogP contribution in [0.25, 0.3) is 11.0 Å². The number of likely N-dealkylation sites (N-methyl/N-ethyl adjacent to an activating group) is 1. The Morgan fingerprint density at radius 2 is 1.68 bits per heavy atom. The third kappa shape index (κ3) is 3.79. The smallest absolute Gasteiger partial charge is 0.290 e. The van der Waals surface area contributed by atoms with Crippen LogP contribution in [-0.4, -0.2) is 41.9 Å². The van der Waals surface area contributed by atoms with Gasteiger partial charge in [0.25, 0.3) is 5.91 Å². The Hall–Kier alpha value is -2.92. The van der Waals surface area contributed by atoms with E-state index in [1.807, 2.05) is 24.3 Å². The molecule has 2 heterocycles. The van der Waals surface area contributed by atoms with Crippen molar-refractivity contribution in [3.8, 4) is 0 Å². The standard InChI is InChI=1S/C26H30N2O3/c1-5-27(6-2)15-16-28-23(19-13-11-18(12-14-19)17(3)4)22-24(29)20-9-7-8-10-21(20)31-25(22)26(28)30/h7-14,17,23H,5-6,15-16H2,1-4H3/t23-/m1/s1. The maximum absolute atomic E-state index is 13.5. The first-order chi connectivity index (χ1) is 15.0. The van der Waals surface area contributed by atoms with Crippen LogP contribution in [0.4, 0.5) is 0 Å². The summed E-state index contributed by atoms with van der Waals surface area (Å²) < 4.78 is 6.00. The molecular formula is C26H30N2O3. The third-order valence-corrected chi connectivity index (χ3v) is 6.34. The van der Waals surface area contributed by atoms with Gasteiger partial charge < -0.3 is 14.2 Å². The summed E-state index contributed by atoms with van der Waals surface area (Å²) in [5, 5.41) is 0.517. The van der Waals surface area contributed by atoms with Gasteiger partial charge in [-0.25, -0.2) is 0 Å². The fourth-order valence-corrected chi connectivity index (χ4v) is 4.40. The van der Waals surface area contributed by atoms with Crippen molar-refractivity contribution in [3.63, 3.8) is 0 Å². The Bertz CT molecular complexity index is 1140. The molecule has 1 aliphatic rings. The summed E-state index contributed by atoms with van der Waals surface area (Å²) in [5.74, 6) is 0.392. The van der Waals surface area contributed by atoms with Gasteiger partial charge >= 0.3 is 0 Å². The molecule has 162 valence electrons. The first-order valence-corrected chi connectivity index (χ1v) is 11.1. The van der Waals surface area contributed by atoms with Crippen molar-refractivity contribution in [2.24, 2.45) is 0 Å². The van der Waals surface area contributed by atoms with E-state index in [0.29, 0.717) is 29.0 Å². The average molecular weight is 419 g/mol. The molecule has 5 heteroatoms. The second kappa shape index (κ2) is 8.67. The minimum Gasteiger partial charge on any atom is -0.450 e. The van der Waals surface area contributed by atoms with Crippen molar-refractivity contribution in [1.29, 1.82) is 0 Å². The fourth-order valence-electron chi connectivity index (χ4n) is 4.40. The molecule has 0 spiro atoms. The minimum atomic E-state index is -0.430. The van der Waals surface area contributed by atoms with E-state index in [-0.39, 0.29) is 17.1 Å². The summed E-state index contributed by atoms with van der Waals surface area (Å²) >= 11 is 0. The first-order valence-electron chi connectivity index (χ1n) is 11.1. The molecule has 0 unspecified atom stereocenters. The van der Waals surface area contributed by atoms with Gasteiger partial charge in [-0.05, 0) is 42.3 Å². The molecule has 1 aliphatic heterocycles. The van der Waals surface area contributed by atoms with E-state index in [4.69, 9.17) is 4.42 Å². The van der Waals surface area contributed by atoms with Crippen LogP contribution in [-0.2, 0) is 0 Å². The minimum absolute atomic E-state index is 0.117. The van der Waals surface area contributed by atoms with Gasteiger partial charge in [0.1, 0.15) is 5.58 Å². The van der Waals surface area contributed by atoms with Gasteiger partial charge in [0.05, 0.1) is 17.0 Å². The Balaban J connectivity index is 1.84. The number of amides is 1. The SMILES string of the molecule is CCN(CC)CCN1C(=O)c2oc3ccccc3c(=O)c2[C@H]1c1ccc(C(C)C)cc1. The molecule has 0 N–H and O–H groups in total. The normalized spacial score (nSPS) is 16.0. The molecule has 1 aromatic heterocycles. The van der Waals surface area contributed by atoms with Crippen molar-refractivity contribution < 1.29 is 9.21 Å². The second-order valence-corrected chi connectivity index (χ2v) is 8.42. The molecule has 1 atom stereocenters. The number of nitrogens with zero attached hydrogens (tertiary/aromatic N) is 2. The van der Waals surface area contributed by atoms with E-state index < -0.39 is 6.04 Å². The van der Waals surface area contributed by atoms with Crippen molar-refractivity contribution in [1.82, 2.24) is 9.80 Å². The number of fused-ring (bicyclic) bond motifs is 2. The number of hydrogen-bond acceptors (Lipinski definition) is 4. The zero-order chi connectivity index (χ0) is 22.1. The van der Waals surface area contributed by atoms with E-state index in [9.17, 15) is 9.59 Å². The predicted molar refractivity (Wildman–Crippen MR) is 124 cm³/mol. The van der Waals surface area contributed by atoms with Gasteiger partial charge in [-0.1, -0.05) is 64.1 Å². The van der Waals surface area contributed by atoms with Crippen molar-refractivity contribution >= 4 is 16.9 Å². The molecule has 0 saturated heterocycles. The van der Waals surface area contributed by atoms with Gasteiger partial charge in [-0.3, -0.25) is 9.59 Å².